The summed E-state index contributed by atoms with van der Waals surface area (Å²) in [5, 5.41) is 14.8. The third kappa shape index (κ3) is 8.14. The van der Waals surface area contributed by atoms with Crippen LogP contribution in [0, 0.1) is 0 Å². The molecule has 15 aromatic carbocycles. The van der Waals surface area contributed by atoms with E-state index < -0.39 is 0 Å². The molecule has 20 aromatic rings. The van der Waals surface area contributed by atoms with Gasteiger partial charge in [-0.15, -0.1) is 0 Å². The highest BCUT2D eigenvalue weighted by Crippen LogP contribution is 2.46. The Hall–Kier alpha value is -12.8. The molecule has 7 nitrogen and oxygen atoms in total. The van der Waals surface area contributed by atoms with Gasteiger partial charge in [-0.25, -0.2) is 9.97 Å². The third-order valence-corrected chi connectivity index (χ3v) is 20.0. The van der Waals surface area contributed by atoms with E-state index in [9.17, 15) is 0 Å². The number of ether oxygens (including phenoxy) is 1. The molecule has 0 amide bonds. The van der Waals surface area contributed by atoms with E-state index in [1.54, 1.807) is 7.11 Å². The van der Waals surface area contributed by atoms with Gasteiger partial charge in [0.05, 0.1) is 68.0 Å². The Kier molecular flexibility index (Phi) is 11.8. The van der Waals surface area contributed by atoms with E-state index in [4.69, 9.17) is 14.7 Å². The Bertz CT molecular complexity index is 6330. The molecule has 0 bridgehead atoms. The van der Waals surface area contributed by atoms with Gasteiger partial charge in [0, 0.05) is 76.8 Å². The Balaban J connectivity index is 0.863. The van der Waals surface area contributed by atoms with E-state index in [-0.39, 0.29) is 0 Å². The molecule has 0 aliphatic rings. The summed E-state index contributed by atoms with van der Waals surface area (Å²) >= 11 is 0. The summed E-state index contributed by atoms with van der Waals surface area (Å²) in [7, 11) is 1.73. The lowest BCUT2D eigenvalue weighted by Crippen LogP contribution is -2.02. The van der Waals surface area contributed by atoms with Crippen LogP contribution in [0.2, 0.25) is 0 Å². The van der Waals surface area contributed by atoms with Crippen molar-refractivity contribution in [2.75, 3.05) is 7.11 Å². The summed E-state index contributed by atoms with van der Waals surface area (Å²) in [6.07, 6.45) is 0. The van der Waals surface area contributed by atoms with E-state index in [0.29, 0.717) is 11.6 Å². The highest BCUT2D eigenvalue weighted by atomic mass is 16.5. The molecule has 7 heteroatoms. The fourth-order valence-electron chi connectivity index (χ4n) is 15.7. The smallest absolute Gasteiger partial charge is 0.164 e. The molecular weight excluding hydrogens is 1170 g/mol. The first-order valence-corrected chi connectivity index (χ1v) is 32.7. The fraction of sp³-hybridized carbons (Fsp3) is 0.0112. The van der Waals surface area contributed by atoms with Crippen molar-refractivity contribution in [2.24, 2.45) is 0 Å². The lowest BCUT2D eigenvalue weighted by molar-refractivity contribution is 0.416. The van der Waals surface area contributed by atoms with Gasteiger partial charge in [0.25, 0.3) is 0 Å². The zero-order valence-corrected chi connectivity index (χ0v) is 52.2. The number of hydrogen-bond donors (Lipinski definition) is 0. The standard InChI is InChI=1S/C89H56N6O/c1-96-85-47-41-56-21-9-11-27-67(56)87(85)89-90-76-44-38-55-20-8-10-26-66(55)86(76)88(91-89)61-48-64(94-77-32-16-12-28-68(77)72-42-36-59(52-83(72)94)57-39-45-81-74(50-57)70-30-14-18-34-79(70)92(81)62-22-4-2-5-23-62)54-65(49-61)95-78-33-17-13-29-69(78)73-43-37-60(53-84(73)95)58-40-46-82-75(51-58)71-31-15-19-35-80(71)93(82)63-24-6-3-7-25-63/h2-54H,1H3. The molecule has 0 spiro atoms. The van der Waals surface area contributed by atoms with E-state index in [1.807, 2.05) is 6.07 Å². The molecule has 0 atom stereocenters. The third-order valence-electron chi connectivity index (χ3n) is 20.0. The van der Waals surface area contributed by atoms with E-state index in [1.165, 1.54) is 54.4 Å². The molecular formula is C89H56N6O. The van der Waals surface area contributed by atoms with Crippen molar-refractivity contribution in [2.45, 2.75) is 0 Å². The number of para-hydroxylation sites is 6. The Labute approximate surface area is 551 Å². The quantitative estimate of drug-likeness (QED) is 0.135. The predicted octanol–water partition coefficient (Wildman–Crippen LogP) is 23.0. The lowest BCUT2D eigenvalue weighted by atomic mass is 9.97. The van der Waals surface area contributed by atoms with Gasteiger partial charge >= 0.3 is 0 Å². The molecule has 0 unspecified atom stereocenters. The van der Waals surface area contributed by atoms with Crippen molar-refractivity contribution in [3.8, 4) is 73.4 Å². The van der Waals surface area contributed by atoms with Crippen LogP contribution in [0.3, 0.4) is 0 Å². The largest absolute Gasteiger partial charge is 0.496 e. The first-order valence-electron chi connectivity index (χ1n) is 32.7. The van der Waals surface area contributed by atoms with Crippen molar-refractivity contribution >= 4 is 120 Å². The normalized spacial score (nSPS) is 12.0. The van der Waals surface area contributed by atoms with Crippen molar-refractivity contribution in [3.63, 3.8) is 0 Å². The first-order chi connectivity index (χ1) is 47.6. The summed E-state index contributed by atoms with van der Waals surface area (Å²) in [4.78, 5) is 11.4. The molecule has 0 N–H and O–H groups in total. The highest BCUT2D eigenvalue weighted by molar-refractivity contribution is 6.17. The monoisotopic (exact) mass is 1220 g/mol. The van der Waals surface area contributed by atoms with Crippen molar-refractivity contribution in [1.82, 2.24) is 28.2 Å². The van der Waals surface area contributed by atoms with Crippen molar-refractivity contribution in [1.29, 1.82) is 0 Å². The summed E-state index contributed by atoms with van der Waals surface area (Å²) in [6.45, 7) is 0. The maximum atomic E-state index is 6.25. The minimum atomic E-state index is 0.587. The number of nitrogens with zero attached hydrogens (tertiary/aromatic N) is 6. The molecule has 96 heavy (non-hydrogen) atoms. The molecule has 5 aromatic heterocycles. The molecule has 0 saturated heterocycles. The molecule has 0 aliphatic heterocycles. The van der Waals surface area contributed by atoms with Crippen LogP contribution in [-0.2, 0) is 0 Å². The predicted molar refractivity (Wildman–Crippen MR) is 400 cm³/mol. The molecule has 0 fully saturated rings. The van der Waals surface area contributed by atoms with Crippen LogP contribution in [-0.4, -0.2) is 35.3 Å². The first kappa shape index (κ1) is 53.8. The number of aromatic nitrogens is 6. The van der Waals surface area contributed by atoms with Gasteiger partial charge in [0.1, 0.15) is 5.75 Å². The van der Waals surface area contributed by atoms with Crippen LogP contribution in [0.25, 0.3) is 187 Å². The summed E-state index contributed by atoms with van der Waals surface area (Å²) in [5.74, 6) is 1.29. The summed E-state index contributed by atoms with van der Waals surface area (Å²) in [5.41, 5.74) is 21.3. The van der Waals surface area contributed by atoms with Crippen LogP contribution < -0.4 is 4.74 Å². The highest BCUT2D eigenvalue weighted by Gasteiger charge is 2.25. The Morgan fingerprint density at radius 2 is 0.635 bits per heavy atom. The molecule has 0 aliphatic carbocycles. The summed E-state index contributed by atoms with van der Waals surface area (Å²) in [6, 6.07) is 117. The Morgan fingerprint density at radius 1 is 0.250 bits per heavy atom. The van der Waals surface area contributed by atoms with Crippen molar-refractivity contribution < 1.29 is 4.74 Å². The minimum absolute atomic E-state index is 0.587. The maximum Gasteiger partial charge on any atom is 0.164 e. The topological polar surface area (TPSA) is 54.7 Å². The van der Waals surface area contributed by atoms with Crippen molar-refractivity contribution in [3.05, 3.63) is 322 Å². The van der Waals surface area contributed by atoms with E-state index in [2.05, 4.69) is 334 Å². The van der Waals surface area contributed by atoms with Gasteiger partial charge in [-0.05, 0) is 159 Å². The van der Waals surface area contributed by atoms with Gasteiger partial charge in [-0.2, -0.15) is 0 Å². The number of hydrogen-bond acceptors (Lipinski definition) is 3. The van der Waals surface area contributed by atoms with Crippen LogP contribution >= 0.6 is 0 Å². The van der Waals surface area contributed by atoms with Gasteiger partial charge in [0.2, 0.25) is 0 Å². The zero-order valence-electron chi connectivity index (χ0n) is 52.2. The van der Waals surface area contributed by atoms with E-state index >= 15 is 0 Å². The number of fused-ring (bicyclic) bond motifs is 16. The SMILES string of the molecule is COc1ccc2ccccc2c1-c1nc(-c2cc(-n3c4ccccc4c4ccc(-c5ccc6c(c5)c5ccccc5n6-c5ccccc5)cc43)cc(-n3c4ccccc4c4ccc(-c5ccc6c(c5)c5ccccc5n6-c5ccccc5)cc43)c2)c2c(ccc3ccccc32)n1. The number of methoxy groups -OCH3 is 1. The fourth-order valence-corrected chi connectivity index (χ4v) is 15.7. The lowest BCUT2D eigenvalue weighted by Gasteiger charge is -2.18. The molecule has 0 saturated carbocycles. The molecule has 5 heterocycles. The Morgan fingerprint density at radius 3 is 1.15 bits per heavy atom. The van der Waals surface area contributed by atoms with E-state index in [0.717, 1.165) is 127 Å². The maximum absolute atomic E-state index is 6.25. The second-order valence-electron chi connectivity index (χ2n) is 25.2. The van der Waals surface area contributed by atoms with Crippen LogP contribution in [0.1, 0.15) is 0 Å². The second kappa shape index (κ2) is 21.1. The van der Waals surface area contributed by atoms with Gasteiger partial charge in [-0.1, -0.05) is 206 Å². The average Bonchev–Trinajstić information content (AvgIpc) is 1.36. The van der Waals surface area contributed by atoms with Crippen LogP contribution in [0.5, 0.6) is 5.75 Å². The minimum Gasteiger partial charge on any atom is -0.496 e. The molecule has 448 valence electrons. The number of benzene rings is 15. The molecule has 0 radical (unpaired) electrons. The van der Waals surface area contributed by atoms with Crippen LogP contribution in [0.15, 0.2) is 322 Å². The van der Waals surface area contributed by atoms with Crippen LogP contribution in [0.4, 0.5) is 0 Å². The van der Waals surface area contributed by atoms with Gasteiger partial charge in [-0.3, -0.25) is 0 Å². The average molecular weight is 1230 g/mol. The second-order valence-corrected chi connectivity index (χ2v) is 25.2. The number of rotatable bonds is 9. The van der Waals surface area contributed by atoms with Gasteiger partial charge in [0.15, 0.2) is 5.82 Å². The zero-order chi connectivity index (χ0) is 63.1. The molecule has 20 rings (SSSR count). The summed E-state index contributed by atoms with van der Waals surface area (Å²) < 4.78 is 16.0. The van der Waals surface area contributed by atoms with Gasteiger partial charge < -0.3 is 23.0 Å².